The van der Waals surface area contributed by atoms with E-state index in [-0.39, 0.29) is 29.7 Å². The van der Waals surface area contributed by atoms with Crippen LogP contribution in [-0.2, 0) is 0 Å². The maximum Gasteiger partial charge on any atom is 0.286 e. The van der Waals surface area contributed by atoms with Crippen LogP contribution in [0.25, 0.3) is 0 Å². The summed E-state index contributed by atoms with van der Waals surface area (Å²) in [5, 5.41) is 15.8. The Morgan fingerprint density at radius 3 is 2.50 bits per heavy atom. The number of nitrogens with one attached hydrogen (secondary N) is 2. The summed E-state index contributed by atoms with van der Waals surface area (Å²) in [6.45, 7) is 1.89. The van der Waals surface area contributed by atoms with Crippen molar-refractivity contribution in [3.8, 4) is 0 Å². The summed E-state index contributed by atoms with van der Waals surface area (Å²) in [6.07, 6.45) is 2.49. The van der Waals surface area contributed by atoms with Gasteiger partial charge in [-0.3, -0.25) is 9.59 Å². The van der Waals surface area contributed by atoms with Crippen molar-refractivity contribution >= 4 is 23.4 Å². The molecule has 2 aromatic rings. The summed E-state index contributed by atoms with van der Waals surface area (Å²) < 4.78 is 5.79. The normalized spacial score (nSPS) is 20.4. The van der Waals surface area contributed by atoms with E-state index in [9.17, 15) is 14.7 Å². The highest BCUT2D eigenvalue weighted by Gasteiger charge is 2.28. The van der Waals surface area contributed by atoms with Crippen molar-refractivity contribution in [3.63, 3.8) is 0 Å². The van der Waals surface area contributed by atoms with Crippen LogP contribution in [0.3, 0.4) is 0 Å². The number of aliphatic hydroxyl groups excluding tert-OH is 1. The summed E-state index contributed by atoms with van der Waals surface area (Å²) in [4.78, 5) is 25.0. The van der Waals surface area contributed by atoms with Crippen molar-refractivity contribution in [2.75, 3.05) is 7.05 Å². The molecule has 1 aromatic heterocycles. The lowest BCUT2D eigenvalue weighted by molar-refractivity contribution is 0.0864. The van der Waals surface area contributed by atoms with Gasteiger partial charge >= 0.3 is 0 Å². The second kappa shape index (κ2) is 8.80. The number of hydrogen-bond donors (Lipinski definition) is 3. The fourth-order valence-electron chi connectivity index (χ4n) is 3.59. The number of hydrogen-bond acceptors (Lipinski definition) is 4. The predicted octanol–water partition coefficient (Wildman–Crippen LogP) is 3.48. The van der Waals surface area contributed by atoms with Crippen molar-refractivity contribution in [2.45, 2.75) is 50.7 Å². The van der Waals surface area contributed by atoms with Crippen LogP contribution in [0.2, 0.25) is 5.02 Å². The zero-order valence-electron chi connectivity index (χ0n) is 16.0. The van der Waals surface area contributed by atoms with Crippen LogP contribution in [-0.4, -0.2) is 36.1 Å². The molecule has 28 heavy (non-hydrogen) atoms. The van der Waals surface area contributed by atoms with Crippen LogP contribution in [0.15, 0.2) is 34.7 Å². The zero-order valence-corrected chi connectivity index (χ0v) is 16.8. The van der Waals surface area contributed by atoms with Crippen LogP contribution in [0.5, 0.6) is 0 Å². The van der Waals surface area contributed by atoms with E-state index in [1.807, 2.05) is 25.1 Å². The van der Waals surface area contributed by atoms with Crippen LogP contribution < -0.4 is 10.6 Å². The molecule has 0 saturated heterocycles. The number of carbonyl (C=O) groups is 2. The number of furan rings is 1. The number of aliphatic hydroxyl groups is 1. The predicted molar refractivity (Wildman–Crippen MR) is 107 cm³/mol. The van der Waals surface area contributed by atoms with E-state index in [0.717, 1.165) is 18.4 Å². The minimum absolute atomic E-state index is 0.00211. The lowest BCUT2D eigenvalue weighted by Crippen LogP contribution is -2.38. The van der Waals surface area contributed by atoms with Crippen LogP contribution >= 0.6 is 11.6 Å². The fourth-order valence-corrected chi connectivity index (χ4v) is 3.89. The van der Waals surface area contributed by atoms with Crippen LogP contribution in [0, 0.1) is 0 Å². The lowest BCUT2D eigenvalue weighted by atomic mass is 9.92. The summed E-state index contributed by atoms with van der Waals surface area (Å²) in [6, 6.07) is 8.84. The van der Waals surface area contributed by atoms with E-state index in [0.29, 0.717) is 29.2 Å². The molecule has 0 spiro atoms. The Kier molecular flexibility index (Phi) is 6.42. The topological polar surface area (TPSA) is 91.6 Å². The molecule has 1 heterocycles. The molecule has 0 radical (unpaired) electrons. The smallest absolute Gasteiger partial charge is 0.286 e. The molecule has 2 amide bonds. The molecular formula is C21H25ClN2O4. The number of benzene rings is 1. The highest BCUT2D eigenvalue weighted by Crippen LogP contribution is 2.33. The summed E-state index contributed by atoms with van der Waals surface area (Å²) in [7, 11) is 1.51. The summed E-state index contributed by atoms with van der Waals surface area (Å²) in [5.74, 6) is -0.497. The first-order valence-corrected chi connectivity index (χ1v) is 9.87. The average molecular weight is 405 g/mol. The second-order valence-electron chi connectivity index (χ2n) is 7.19. The Balaban J connectivity index is 1.90. The number of rotatable bonds is 5. The molecule has 0 bridgehead atoms. The third kappa shape index (κ3) is 4.39. The van der Waals surface area contributed by atoms with Gasteiger partial charge in [0.05, 0.1) is 11.7 Å². The van der Waals surface area contributed by atoms with Gasteiger partial charge < -0.3 is 20.2 Å². The van der Waals surface area contributed by atoms with Crippen molar-refractivity contribution in [1.82, 2.24) is 10.6 Å². The first-order valence-electron chi connectivity index (χ1n) is 9.49. The quantitative estimate of drug-likeness (QED) is 0.711. The average Bonchev–Trinajstić information content (AvgIpc) is 3.14. The Bertz CT molecular complexity index is 856. The molecule has 1 fully saturated rings. The monoisotopic (exact) mass is 404 g/mol. The highest BCUT2D eigenvalue weighted by atomic mass is 35.5. The first kappa shape index (κ1) is 20.4. The SMILES string of the molecule is CNC(=O)c1cc(C(=O)NC2CCC(O)CC2)c([C@@H](C)c2ccccc2Cl)o1. The lowest BCUT2D eigenvalue weighted by Gasteiger charge is -2.26. The molecule has 1 saturated carbocycles. The van der Waals surface area contributed by atoms with Crippen LogP contribution in [0.1, 0.15) is 70.8 Å². The number of carbonyl (C=O) groups excluding carboxylic acids is 2. The Morgan fingerprint density at radius 2 is 1.86 bits per heavy atom. The minimum atomic E-state index is -0.396. The standard InChI is InChI=1S/C21H25ClN2O4/c1-12(15-5-3-4-6-17(15)22)19-16(11-18(28-19)21(27)23-2)20(26)24-13-7-9-14(25)10-8-13/h3-6,11-14,25H,7-10H2,1-2H3,(H,23,27)(H,24,26)/t12-,13?,14?/m0/s1. The highest BCUT2D eigenvalue weighted by molar-refractivity contribution is 6.31. The minimum Gasteiger partial charge on any atom is -0.454 e. The molecule has 7 heteroatoms. The molecule has 3 N–H and O–H groups in total. The van der Waals surface area contributed by atoms with Gasteiger partial charge in [0.15, 0.2) is 5.76 Å². The van der Waals surface area contributed by atoms with Gasteiger partial charge in [-0.25, -0.2) is 0 Å². The van der Waals surface area contributed by atoms with E-state index < -0.39 is 5.91 Å². The van der Waals surface area contributed by atoms with Gasteiger partial charge in [-0.15, -0.1) is 0 Å². The van der Waals surface area contributed by atoms with Gasteiger partial charge in [0.1, 0.15) is 5.76 Å². The molecule has 3 rings (SSSR count). The molecule has 1 aliphatic carbocycles. The Hall–Kier alpha value is -2.31. The van der Waals surface area contributed by atoms with E-state index in [1.54, 1.807) is 6.07 Å². The number of halogens is 1. The van der Waals surface area contributed by atoms with Gasteiger partial charge in [-0.05, 0) is 37.3 Å². The molecule has 1 aromatic carbocycles. The summed E-state index contributed by atoms with van der Waals surface area (Å²) >= 11 is 6.32. The summed E-state index contributed by atoms with van der Waals surface area (Å²) in [5.41, 5.74) is 1.15. The van der Waals surface area contributed by atoms with Crippen molar-refractivity contribution in [2.24, 2.45) is 0 Å². The van der Waals surface area contributed by atoms with Gasteiger partial charge in [0.2, 0.25) is 0 Å². The molecule has 1 atom stereocenters. The molecule has 1 aliphatic rings. The Morgan fingerprint density at radius 1 is 1.18 bits per heavy atom. The van der Waals surface area contributed by atoms with Gasteiger partial charge in [0.25, 0.3) is 11.8 Å². The molecule has 0 aliphatic heterocycles. The van der Waals surface area contributed by atoms with E-state index in [4.69, 9.17) is 16.0 Å². The first-order chi connectivity index (χ1) is 13.4. The molecule has 6 nitrogen and oxygen atoms in total. The third-order valence-corrected chi connectivity index (χ3v) is 5.60. The Labute approximate surface area is 169 Å². The second-order valence-corrected chi connectivity index (χ2v) is 7.60. The van der Waals surface area contributed by atoms with E-state index in [1.165, 1.54) is 13.1 Å². The van der Waals surface area contributed by atoms with Gasteiger partial charge in [-0.1, -0.05) is 36.7 Å². The maximum absolute atomic E-state index is 13.0. The molecule has 150 valence electrons. The van der Waals surface area contributed by atoms with Crippen LogP contribution in [0.4, 0.5) is 0 Å². The van der Waals surface area contributed by atoms with Crippen molar-refractivity contribution in [3.05, 3.63) is 58.0 Å². The third-order valence-electron chi connectivity index (χ3n) is 5.25. The number of amides is 2. The van der Waals surface area contributed by atoms with Gasteiger partial charge in [-0.2, -0.15) is 0 Å². The van der Waals surface area contributed by atoms with Crippen molar-refractivity contribution < 1.29 is 19.1 Å². The van der Waals surface area contributed by atoms with E-state index in [2.05, 4.69) is 10.6 Å². The van der Waals surface area contributed by atoms with Crippen molar-refractivity contribution in [1.29, 1.82) is 0 Å². The fraction of sp³-hybridized carbons (Fsp3) is 0.429. The largest absolute Gasteiger partial charge is 0.454 e. The van der Waals surface area contributed by atoms with E-state index >= 15 is 0 Å². The molecular weight excluding hydrogens is 380 g/mol. The maximum atomic E-state index is 13.0. The molecule has 0 unspecified atom stereocenters. The van der Waals surface area contributed by atoms with Gasteiger partial charge in [0, 0.05) is 30.1 Å². The zero-order chi connectivity index (χ0) is 20.3.